The molecule has 0 radical (unpaired) electrons. The zero-order valence-electron chi connectivity index (χ0n) is 30.6. The Morgan fingerprint density at radius 1 is 0.820 bits per heavy atom. The van der Waals surface area contributed by atoms with Crippen molar-refractivity contribution in [2.75, 3.05) is 6.54 Å². The Kier molecular flexibility index (Phi) is 8.40. The average Bonchev–Trinajstić information content (AvgIpc) is 3.52. The molecule has 5 fully saturated rings. The van der Waals surface area contributed by atoms with Crippen molar-refractivity contribution in [2.45, 2.75) is 127 Å². The van der Waals surface area contributed by atoms with Gasteiger partial charge in [0.05, 0.1) is 22.0 Å². The molecular weight excluding hydrogens is 667 g/mol. The molecule has 4 aliphatic carbocycles. The molecular formula is C41H55NO6S2. The van der Waals surface area contributed by atoms with E-state index < -0.39 is 25.9 Å². The second-order valence-electron chi connectivity index (χ2n) is 17.6. The molecule has 0 amide bonds. The van der Waals surface area contributed by atoms with Crippen LogP contribution in [0.2, 0.25) is 0 Å². The van der Waals surface area contributed by atoms with Gasteiger partial charge in [-0.05, 0) is 136 Å². The standard InChI is InChI=1S/C41H55NO6S2/c1-26-7-12-32(13-8-26)49(43,44)42-25-28(3)17-22-41(42)29(4)38-37(47-41)24-36-34-16-11-30-23-31(48-50(45,46)33-14-9-27(2)10-15-33)18-20-39(30,5)35(34)19-21-40(36,38)6/h7-15,28-29,31,34-38H,16-25H2,1-6H3/t28?,29?,31?,34?,35?,36?,37?,38?,39-,40-,41+/m0/s1. The Labute approximate surface area is 300 Å². The summed E-state index contributed by atoms with van der Waals surface area (Å²) < 4.78 is 70.0. The molecule has 272 valence electrons. The summed E-state index contributed by atoms with van der Waals surface area (Å²) in [6.07, 6.45) is 10.5. The first-order valence-corrected chi connectivity index (χ1v) is 21.9. The molecule has 8 rings (SSSR count). The Morgan fingerprint density at radius 3 is 2.16 bits per heavy atom. The Bertz CT molecular complexity index is 1890. The van der Waals surface area contributed by atoms with E-state index in [4.69, 9.17) is 8.92 Å². The monoisotopic (exact) mass is 721 g/mol. The number of allylic oxidation sites excluding steroid dienone is 1. The van der Waals surface area contributed by atoms with Crippen LogP contribution in [0.5, 0.6) is 0 Å². The van der Waals surface area contributed by atoms with E-state index in [1.54, 1.807) is 28.6 Å². The molecule has 9 heteroatoms. The molecule has 2 aliphatic heterocycles. The first-order chi connectivity index (χ1) is 23.6. The first kappa shape index (κ1) is 35.0. The van der Waals surface area contributed by atoms with Crippen LogP contribution < -0.4 is 0 Å². The summed E-state index contributed by atoms with van der Waals surface area (Å²) in [6.45, 7) is 13.8. The molecule has 50 heavy (non-hydrogen) atoms. The highest BCUT2D eigenvalue weighted by atomic mass is 32.2. The van der Waals surface area contributed by atoms with Crippen molar-refractivity contribution in [3.8, 4) is 0 Å². The highest BCUT2D eigenvalue weighted by Gasteiger charge is 2.70. The van der Waals surface area contributed by atoms with Crippen molar-refractivity contribution in [1.82, 2.24) is 4.31 Å². The van der Waals surface area contributed by atoms with Gasteiger partial charge in [-0.15, -0.1) is 0 Å². The highest BCUT2D eigenvalue weighted by Crippen LogP contribution is 2.71. The number of fused-ring (bicyclic) bond motifs is 7. The van der Waals surface area contributed by atoms with E-state index in [2.05, 4.69) is 33.8 Å². The third-order valence-electron chi connectivity index (χ3n) is 14.8. The van der Waals surface area contributed by atoms with Crippen molar-refractivity contribution in [2.24, 2.45) is 46.3 Å². The fourth-order valence-electron chi connectivity index (χ4n) is 12.2. The quantitative estimate of drug-likeness (QED) is 0.228. The first-order valence-electron chi connectivity index (χ1n) is 19.1. The maximum Gasteiger partial charge on any atom is 0.297 e. The molecule has 3 saturated carbocycles. The molecule has 2 aromatic rings. The number of piperidine rings is 1. The highest BCUT2D eigenvalue weighted by molar-refractivity contribution is 7.89. The van der Waals surface area contributed by atoms with Crippen molar-refractivity contribution < 1.29 is 25.8 Å². The molecule has 7 nitrogen and oxygen atoms in total. The van der Waals surface area contributed by atoms with Crippen LogP contribution in [0.15, 0.2) is 70.0 Å². The molecule has 6 aliphatic rings. The van der Waals surface area contributed by atoms with Crippen LogP contribution in [0.4, 0.5) is 0 Å². The van der Waals surface area contributed by atoms with E-state index in [1.807, 2.05) is 38.1 Å². The lowest BCUT2D eigenvalue weighted by Gasteiger charge is -2.59. The summed E-state index contributed by atoms with van der Waals surface area (Å²) in [5.74, 6) is 2.31. The zero-order chi connectivity index (χ0) is 35.4. The summed E-state index contributed by atoms with van der Waals surface area (Å²) in [5, 5.41) is 0. The lowest BCUT2D eigenvalue weighted by Crippen LogP contribution is -2.60. The number of hydrogen-bond donors (Lipinski definition) is 0. The topological polar surface area (TPSA) is 90.0 Å². The maximum absolute atomic E-state index is 14.4. The Morgan fingerprint density at radius 2 is 1.48 bits per heavy atom. The molecule has 0 N–H and O–H groups in total. The van der Waals surface area contributed by atoms with Gasteiger partial charge in [-0.3, -0.25) is 4.18 Å². The van der Waals surface area contributed by atoms with Gasteiger partial charge in [0, 0.05) is 12.5 Å². The second-order valence-corrected chi connectivity index (χ2v) is 21.0. The summed E-state index contributed by atoms with van der Waals surface area (Å²) in [4.78, 5) is 0.587. The fourth-order valence-corrected chi connectivity index (χ4v) is 15.2. The minimum absolute atomic E-state index is 0.0432. The second kappa shape index (κ2) is 12.0. The predicted molar refractivity (Wildman–Crippen MR) is 194 cm³/mol. The maximum atomic E-state index is 14.4. The van der Waals surface area contributed by atoms with Gasteiger partial charge in [0.15, 0.2) is 0 Å². The largest absolute Gasteiger partial charge is 0.356 e. The van der Waals surface area contributed by atoms with Gasteiger partial charge in [-0.25, -0.2) is 8.42 Å². The lowest BCUT2D eigenvalue weighted by atomic mass is 9.47. The molecule has 1 spiro atoms. The van der Waals surface area contributed by atoms with Crippen molar-refractivity contribution in [3.63, 3.8) is 0 Å². The molecule has 11 atom stereocenters. The van der Waals surface area contributed by atoms with Crippen LogP contribution in [-0.2, 0) is 29.1 Å². The number of rotatable bonds is 5. The minimum Gasteiger partial charge on any atom is -0.356 e. The Balaban J connectivity index is 1.03. The number of nitrogens with zero attached hydrogens (tertiary/aromatic N) is 1. The minimum atomic E-state index is -3.82. The van der Waals surface area contributed by atoms with E-state index in [0.29, 0.717) is 41.5 Å². The van der Waals surface area contributed by atoms with Gasteiger partial charge in [0.2, 0.25) is 10.0 Å². The van der Waals surface area contributed by atoms with Crippen molar-refractivity contribution in [1.29, 1.82) is 0 Å². The van der Waals surface area contributed by atoms with E-state index in [9.17, 15) is 16.8 Å². The molecule has 2 aromatic carbocycles. The van der Waals surface area contributed by atoms with Crippen LogP contribution in [-0.4, -0.2) is 45.6 Å². The van der Waals surface area contributed by atoms with Gasteiger partial charge in [0.1, 0.15) is 5.72 Å². The lowest BCUT2D eigenvalue weighted by molar-refractivity contribution is -0.161. The van der Waals surface area contributed by atoms with Crippen molar-refractivity contribution in [3.05, 3.63) is 71.3 Å². The van der Waals surface area contributed by atoms with Gasteiger partial charge in [-0.2, -0.15) is 12.7 Å². The summed E-state index contributed by atoms with van der Waals surface area (Å²) in [6, 6.07) is 14.2. The third kappa shape index (κ3) is 5.26. The molecule has 0 aromatic heterocycles. The van der Waals surface area contributed by atoms with Gasteiger partial charge in [0.25, 0.3) is 10.1 Å². The molecule has 2 heterocycles. The van der Waals surface area contributed by atoms with Crippen LogP contribution in [0.1, 0.15) is 96.6 Å². The van der Waals surface area contributed by atoms with E-state index >= 15 is 0 Å². The smallest absolute Gasteiger partial charge is 0.297 e. The van der Waals surface area contributed by atoms with Crippen molar-refractivity contribution >= 4 is 20.1 Å². The van der Waals surface area contributed by atoms with Crippen LogP contribution >= 0.6 is 0 Å². The predicted octanol–water partition coefficient (Wildman–Crippen LogP) is 8.42. The average molecular weight is 722 g/mol. The van der Waals surface area contributed by atoms with Gasteiger partial charge >= 0.3 is 0 Å². The van der Waals surface area contributed by atoms with E-state index in [1.165, 1.54) is 5.57 Å². The number of hydrogen-bond acceptors (Lipinski definition) is 6. The van der Waals surface area contributed by atoms with E-state index in [0.717, 1.165) is 62.5 Å². The Hall–Kier alpha value is -2.04. The summed E-state index contributed by atoms with van der Waals surface area (Å²) in [7, 11) is -7.56. The molecule has 8 unspecified atom stereocenters. The fraction of sp³-hybridized carbons (Fsp3) is 0.659. The van der Waals surface area contributed by atoms with Crippen LogP contribution in [0.3, 0.4) is 0 Å². The SMILES string of the molecule is Cc1ccc(S(=O)(=O)OC2CC[C@@]3(C)C(=CCC4C5CC6O[C@]7(CCC(C)CN7S(=O)(=O)c7ccc(C)cc7)C(C)C6[C@@]5(C)CCC43)C2)cc1. The third-order valence-corrected chi connectivity index (χ3v) is 18.1. The van der Waals surface area contributed by atoms with Gasteiger partial charge in [-0.1, -0.05) is 74.7 Å². The van der Waals surface area contributed by atoms with E-state index in [-0.39, 0.29) is 39.8 Å². The normalized spacial score (nSPS) is 41.6. The van der Waals surface area contributed by atoms with Crippen LogP contribution in [0, 0.1) is 60.2 Å². The molecule has 0 bridgehead atoms. The number of ether oxygens (including phenoxy) is 1. The summed E-state index contributed by atoms with van der Waals surface area (Å²) in [5.41, 5.74) is 2.77. The molecule has 2 saturated heterocycles. The number of sulfonamides is 1. The van der Waals surface area contributed by atoms with Crippen LogP contribution in [0.25, 0.3) is 0 Å². The zero-order valence-corrected chi connectivity index (χ0v) is 32.2. The van der Waals surface area contributed by atoms with Gasteiger partial charge < -0.3 is 4.74 Å². The number of benzene rings is 2. The summed E-state index contributed by atoms with van der Waals surface area (Å²) >= 11 is 0. The number of aryl methyl sites for hydroxylation is 2.